The Kier molecular flexibility index (Phi) is 4.29. The number of hydrogen-bond donors (Lipinski definition) is 2. The average molecular weight is 313 g/mol. The first kappa shape index (κ1) is 15.2. The minimum absolute atomic E-state index is 0.0332. The first-order valence-corrected chi connectivity index (χ1v) is 9.40. The SMILES string of the molecule is Cc1ccc(N2CCSCC2S(C)(=O)=O)c(C(=N)N)c1. The van der Waals surface area contributed by atoms with Crippen LogP contribution >= 0.6 is 11.8 Å². The summed E-state index contributed by atoms with van der Waals surface area (Å²) < 4.78 is 24.0. The summed E-state index contributed by atoms with van der Waals surface area (Å²) in [5.41, 5.74) is 7.99. The van der Waals surface area contributed by atoms with E-state index in [9.17, 15) is 8.42 Å². The van der Waals surface area contributed by atoms with Gasteiger partial charge in [-0.25, -0.2) is 8.42 Å². The van der Waals surface area contributed by atoms with E-state index < -0.39 is 15.2 Å². The number of benzene rings is 1. The minimum Gasteiger partial charge on any atom is -0.384 e. The molecule has 3 N–H and O–H groups in total. The minimum atomic E-state index is -3.18. The van der Waals surface area contributed by atoms with Gasteiger partial charge in [0.25, 0.3) is 0 Å². The summed E-state index contributed by atoms with van der Waals surface area (Å²) >= 11 is 1.64. The zero-order valence-corrected chi connectivity index (χ0v) is 13.2. The molecule has 0 aromatic heterocycles. The van der Waals surface area contributed by atoms with E-state index in [0.717, 1.165) is 17.0 Å². The average Bonchev–Trinajstić information content (AvgIpc) is 2.37. The van der Waals surface area contributed by atoms with Gasteiger partial charge in [-0.1, -0.05) is 11.6 Å². The molecule has 5 nitrogen and oxygen atoms in total. The van der Waals surface area contributed by atoms with Crippen LogP contribution in [0.15, 0.2) is 18.2 Å². The van der Waals surface area contributed by atoms with Crippen molar-refractivity contribution in [2.45, 2.75) is 12.3 Å². The fraction of sp³-hybridized carbons (Fsp3) is 0.462. The van der Waals surface area contributed by atoms with Gasteiger partial charge in [0.15, 0.2) is 9.84 Å². The lowest BCUT2D eigenvalue weighted by Gasteiger charge is -2.37. The molecule has 1 aliphatic heterocycles. The molecule has 110 valence electrons. The zero-order valence-electron chi connectivity index (χ0n) is 11.6. The van der Waals surface area contributed by atoms with E-state index >= 15 is 0 Å². The van der Waals surface area contributed by atoms with Crippen molar-refractivity contribution in [3.63, 3.8) is 0 Å². The Bertz CT molecular complexity index is 629. The normalized spacial score (nSPS) is 19.9. The van der Waals surface area contributed by atoms with Crippen molar-refractivity contribution in [3.8, 4) is 0 Å². The van der Waals surface area contributed by atoms with E-state index in [1.807, 2.05) is 30.0 Å². The fourth-order valence-corrected chi connectivity index (χ4v) is 5.16. The van der Waals surface area contributed by atoms with Gasteiger partial charge in [0.2, 0.25) is 0 Å². The van der Waals surface area contributed by atoms with E-state index in [1.54, 1.807) is 11.8 Å². The maximum absolute atomic E-state index is 12.0. The molecule has 0 spiro atoms. The molecule has 1 heterocycles. The van der Waals surface area contributed by atoms with E-state index in [4.69, 9.17) is 11.1 Å². The van der Waals surface area contributed by atoms with Crippen molar-refractivity contribution < 1.29 is 8.42 Å². The monoisotopic (exact) mass is 313 g/mol. The van der Waals surface area contributed by atoms with Crippen LogP contribution in [0.1, 0.15) is 11.1 Å². The van der Waals surface area contributed by atoms with Crippen LogP contribution in [0.25, 0.3) is 0 Å². The Morgan fingerprint density at radius 1 is 1.50 bits per heavy atom. The first-order chi connectivity index (χ1) is 9.30. The third-order valence-corrected chi connectivity index (χ3v) is 5.97. The third-order valence-electron chi connectivity index (χ3n) is 3.33. The molecule has 0 amide bonds. The summed E-state index contributed by atoms with van der Waals surface area (Å²) in [6.45, 7) is 2.57. The Morgan fingerprint density at radius 2 is 2.20 bits per heavy atom. The maximum atomic E-state index is 12.0. The Morgan fingerprint density at radius 3 is 2.80 bits per heavy atom. The van der Waals surface area contributed by atoms with Crippen LogP contribution in [0, 0.1) is 12.3 Å². The number of thioether (sulfide) groups is 1. The predicted molar refractivity (Wildman–Crippen MR) is 85.5 cm³/mol. The summed E-state index contributed by atoms with van der Waals surface area (Å²) in [5, 5.41) is 7.16. The number of amidine groups is 1. The van der Waals surface area contributed by atoms with Crippen LogP contribution in [-0.2, 0) is 9.84 Å². The van der Waals surface area contributed by atoms with E-state index in [1.165, 1.54) is 6.26 Å². The van der Waals surface area contributed by atoms with Crippen molar-refractivity contribution in [3.05, 3.63) is 29.3 Å². The number of nitrogen functional groups attached to an aromatic ring is 1. The van der Waals surface area contributed by atoms with E-state index in [0.29, 0.717) is 17.9 Å². The number of sulfone groups is 1. The van der Waals surface area contributed by atoms with Crippen molar-refractivity contribution in [2.75, 3.05) is 29.2 Å². The lowest BCUT2D eigenvalue weighted by atomic mass is 10.1. The number of nitrogens with two attached hydrogens (primary N) is 1. The molecule has 1 atom stereocenters. The van der Waals surface area contributed by atoms with Crippen LogP contribution in [0.3, 0.4) is 0 Å². The highest BCUT2D eigenvalue weighted by Gasteiger charge is 2.32. The summed E-state index contributed by atoms with van der Waals surface area (Å²) in [4.78, 5) is 1.86. The van der Waals surface area contributed by atoms with Crippen molar-refractivity contribution >= 4 is 33.1 Å². The second kappa shape index (κ2) is 5.65. The van der Waals surface area contributed by atoms with Gasteiger partial charge in [-0.2, -0.15) is 11.8 Å². The van der Waals surface area contributed by atoms with Crippen molar-refractivity contribution in [1.82, 2.24) is 0 Å². The summed E-state index contributed by atoms with van der Waals surface area (Å²) in [7, 11) is -3.18. The highest BCUT2D eigenvalue weighted by Crippen LogP contribution is 2.30. The summed E-state index contributed by atoms with van der Waals surface area (Å²) in [6.07, 6.45) is 1.26. The molecule has 20 heavy (non-hydrogen) atoms. The molecule has 0 radical (unpaired) electrons. The molecule has 1 fully saturated rings. The molecular weight excluding hydrogens is 294 g/mol. The molecule has 1 aromatic rings. The van der Waals surface area contributed by atoms with Gasteiger partial charge in [0.1, 0.15) is 11.2 Å². The summed E-state index contributed by atoms with van der Waals surface area (Å²) in [5.74, 6) is 1.38. The standard InChI is InChI=1S/C13H19N3O2S2/c1-9-3-4-11(10(7-9)13(14)15)16-5-6-19-8-12(16)20(2,17)18/h3-4,7,12H,5-6,8H2,1-2H3,(H3,14,15). The number of hydrogen-bond acceptors (Lipinski definition) is 5. The molecule has 0 saturated carbocycles. The van der Waals surface area contributed by atoms with Gasteiger partial charge in [-0.3, -0.25) is 5.41 Å². The second-order valence-electron chi connectivity index (χ2n) is 4.99. The lowest BCUT2D eigenvalue weighted by molar-refractivity contribution is 0.584. The van der Waals surface area contributed by atoms with Crippen LogP contribution in [0.4, 0.5) is 5.69 Å². The van der Waals surface area contributed by atoms with Gasteiger partial charge in [0.05, 0.1) is 0 Å². The van der Waals surface area contributed by atoms with Gasteiger partial charge in [-0.05, 0) is 19.1 Å². The third kappa shape index (κ3) is 3.09. The molecule has 0 bridgehead atoms. The molecule has 1 aromatic carbocycles. The van der Waals surface area contributed by atoms with Crippen LogP contribution in [0.5, 0.6) is 0 Å². The molecule has 7 heteroatoms. The Labute approximate surface area is 124 Å². The number of rotatable bonds is 3. The number of aryl methyl sites for hydroxylation is 1. The van der Waals surface area contributed by atoms with Gasteiger partial charge in [-0.15, -0.1) is 0 Å². The second-order valence-corrected chi connectivity index (χ2v) is 8.34. The Hall–Kier alpha value is -1.21. The molecule has 2 rings (SSSR count). The van der Waals surface area contributed by atoms with Crippen LogP contribution < -0.4 is 10.6 Å². The van der Waals surface area contributed by atoms with Gasteiger partial charge < -0.3 is 10.6 Å². The number of nitrogens with zero attached hydrogens (tertiary/aromatic N) is 1. The molecule has 0 aliphatic carbocycles. The van der Waals surface area contributed by atoms with Crippen molar-refractivity contribution in [2.24, 2.45) is 5.73 Å². The largest absolute Gasteiger partial charge is 0.384 e. The molecular formula is C13H19N3O2S2. The molecule has 1 aliphatic rings. The predicted octanol–water partition coefficient (Wildman–Crippen LogP) is 1.20. The van der Waals surface area contributed by atoms with Crippen LogP contribution in [-0.4, -0.2) is 43.9 Å². The maximum Gasteiger partial charge on any atom is 0.169 e. The Balaban J connectivity index is 2.50. The molecule has 1 saturated heterocycles. The topological polar surface area (TPSA) is 87.2 Å². The summed E-state index contributed by atoms with van der Waals surface area (Å²) in [6, 6.07) is 5.61. The van der Waals surface area contributed by atoms with Crippen molar-refractivity contribution in [1.29, 1.82) is 5.41 Å². The van der Waals surface area contributed by atoms with E-state index in [2.05, 4.69) is 0 Å². The number of nitrogens with one attached hydrogen (secondary N) is 1. The smallest absolute Gasteiger partial charge is 0.169 e. The zero-order chi connectivity index (χ0) is 14.9. The van der Waals surface area contributed by atoms with Gasteiger partial charge in [0, 0.05) is 35.6 Å². The highest BCUT2D eigenvalue weighted by atomic mass is 32.2. The van der Waals surface area contributed by atoms with Gasteiger partial charge >= 0.3 is 0 Å². The fourth-order valence-electron chi connectivity index (χ4n) is 2.33. The first-order valence-electron chi connectivity index (χ1n) is 6.29. The quantitative estimate of drug-likeness (QED) is 0.647. The lowest BCUT2D eigenvalue weighted by Crippen LogP contribution is -2.47. The number of anilines is 1. The van der Waals surface area contributed by atoms with E-state index in [-0.39, 0.29) is 5.84 Å². The van der Waals surface area contributed by atoms with Crippen LogP contribution in [0.2, 0.25) is 0 Å². The molecule has 1 unspecified atom stereocenters. The highest BCUT2D eigenvalue weighted by molar-refractivity contribution is 8.01.